The highest BCUT2D eigenvalue weighted by Gasteiger charge is 2.16. The van der Waals surface area contributed by atoms with Gasteiger partial charge in [0.1, 0.15) is 0 Å². The first kappa shape index (κ1) is 18.1. The number of aliphatic hydroxyl groups excluding tert-OH is 3. The summed E-state index contributed by atoms with van der Waals surface area (Å²) in [5.74, 6) is 0. The second-order valence-electron chi connectivity index (χ2n) is 5.85. The predicted molar refractivity (Wildman–Crippen MR) is 86.0 cm³/mol. The van der Waals surface area contributed by atoms with Gasteiger partial charge in [0.25, 0.3) is 0 Å². The van der Waals surface area contributed by atoms with Crippen molar-refractivity contribution >= 4 is 0 Å². The smallest absolute Gasteiger partial charge is 0.0790 e. The maximum atomic E-state index is 10.2. The van der Waals surface area contributed by atoms with Gasteiger partial charge < -0.3 is 15.3 Å². The number of hydrogen-bond acceptors (Lipinski definition) is 3. The Labute approximate surface area is 128 Å². The van der Waals surface area contributed by atoms with E-state index in [1.54, 1.807) is 0 Å². The van der Waals surface area contributed by atoms with Crippen LogP contribution in [-0.4, -0.2) is 15.3 Å². The summed E-state index contributed by atoms with van der Waals surface area (Å²) in [4.78, 5) is 0. The van der Waals surface area contributed by atoms with Crippen LogP contribution in [0.15, 0.2) is 18.2 Å². The molecule has 0 radical (unpaired) electrons. The molecule has 120 valence electrons. The topological polar surface area (TPSA) is 60.7 Å². The van der Waals surface area contributed by atoms with Gasteiger partial charge in [-0.3, -0.25) is 0 Å². The minimum Gasteiger partial charge on any atom is -0.388 e. The third kappa shape index (κ3) is 5.42. The third-order valence-corrected chi connectivity index (χ3v) is 3.84. The lowest BCUT2D eigenvalue weighted by Crippen LogP contribution is -2.06. The fourth-order valence-electron chi connectivity index (χ4n) is 2.60. The predicted octanol–water partition coefficient (Wildman–Crippen LogP) is 4.19. The molecule has 0 aromatic heterocycles. The van der Waals surface area contributed by atoms with Crippen molar-refractivity contribution in [2.45, 2.75) is 77.6 Å². The Balaban J connectivity index is 3.12. The first-order valence-electron chi connectivity index (χ1n) is 8.22. The Morgan fingerprint density at radius 2 is 0.857 bits per heavy atom. The van der Waals surface area contributed by atoms with E-state index < -0.39 is 18.3 Å². The normalized spacial score (nSPS) is 15.7. The van der Waals surface area contributed by atoms with Crippen molar-refractivity contribution in [2.75, 3.05) is 0 Å². The third-order valence-electron chi connectivity index (χ3n) is 3.84. The van der Waals surface area contributed by atoms with Crippen molar-refractivity contribution in [2.24, 2.45) is 0 Å². The summed E-state index contributed by atoms with van der Waals surface area (Å²) in [6.07, 6.45) is 3.18. The molecule has 0 heterocycles. The van der Waals surface area contributed by atoms with E-state index in [1.165, 1.54) is 0 Å². The van der Waals surface area contributed by atoms with Crippen LogP contribution in [0.2, 0.25) is 0 Å². The minimum absolute atomic E-state index is 0.531. The highest BCUT2D eigenvalue weighted by molar-refractivity contribution is 5.34. The molecule has 0 aliphatic carbocycles. The Hall–Kier alpha value is -0.900. The molecule has 3 N–H and O–H groups in total. The summed E-state index contributed by atoms with van der Waals surface area (Å²) in [5.41, 5.74) is 2.40. The quantitative estimate of drug-likeness (QED) is 0.640. The first-order valence-corrected chi connectivity index (χ1v) is 8.22. The molecule has 3 atom stereocenters. The van der Waals surface area contributed by atoms with Gasteiger partial charge in [-0.15, -0.1) is 0 Å². The molecule has 0 spiro atoms. The fourth-order valence-corrected chi connectivity index (χ4v) is 2.60. The van der Waals surface area contributed by atoms with Gasteiger partial charge in [-0.2, -0.15) is 0 Å². The summed E-state index contributed by atoms with van der Waals surface area (Å²) >= 11 is 0. The van der Waals surface area contributed by atoms with Crippen molar-refractivity contribution in [3.05, 3.63) is 34.9 Å². The molecule has 21 heavy (non-hydrogen) atoms. The highest BCUT2D eigenvalue weighted by atomic mass is 16.3. The van der Waals surface area contributed by atoms with E-state index in [0.717, 1.165) is 36.0 Å². The standard InChI is InChI=1S/C18H30O3/c1-4-7-16(19)13-10-14(17(20)8-5-2)12-15(11-13)18(21)9-6-3/h10-12,16-21H,4-9H2,1-3H3. The lowest BCUT2D eigenvalue weighted by molar-refractivity contribution is 0.153. The van der Waals surface area contributed by atoms with E-state index in [0.29, 0.717) is 19.3 Å². The van der Waals surface area contributed by atoms with E-state index in [4.69, 9.17) is 0 Å². The van der Waals surface area contributed by atoms with E-state index in [9.17, 15) is 15.3 Å². The largest absolute Gasteiger partial charge is 0.388 e. The molecule has 3 nitrogen and oxygen atoms in total. The lowest BCUT2D eigenvalue weighted by Gasteiger charge is -2.19. The van der Waals surface area contributed by atoms with Crippen LogP contribution in [-0.2, 0) is 0 Å². The van der Waals surface area contributed by atoms with Gasteiger partial charge in [0.05, 0.1) is 18.3 Å². The first-order chi connectivity index (χ1) is 10.0. The second-order valence-corrected chi connectivity index (χ2v) is 5.85. The zero-order valence-corrected chi connectivity index (χ0v) is 13.5. The summed E-state index contributed by atoms with van der Waals surface area (Å²) < 4.78 is 0. The fraction of sp³-hybridized carbons (Fsp3) is 0.667. The van der Waals surface area contributed by atoms with Gasteiger partial charge in [0.2, 0.25) is 0 Å². The van der Waals surface area contributed by atoms with Crippen LogP contribution >= 0.6 is 0 Å². The van der Waals surface area contributed by atoms with E-state index >= 15 is 0 Å². The van der Waals surface area contributed by atoms with Gasteiger partial charge in [0.15, 0.2) is 0 Å². The molecular formula is C18H30O3. The molecule has 0 amide bonds. The van der Waals surface area contributed by atoms with Crippen LogP contribution < -0.4 is 0 Å². The number of benzene rings is 1. The molecule has 0 aliphatic rings. The molecule has 1 aromatic carbocycles. The monoisotopic (exact) mass is 294 g/mol. The van der Waals surface area contributed by atoms with E-state index in [2.05, 4.69) is 0 Å². The molecule has 0 fully saturated rings. The van der Waals surface area contributed by atoms with E-state index in [-0.39, 0.29) is 0 Å². The average molecular weight is 294 g/mol. The number of aliphatic hydroxyl groups is 3. The van der Waals surface area contributed by atoms with Crippen LogP contribution in [0.5, 0.6) is 0 Å². The van der Waals surface area contributed by atoms with Gasteiger partial charge >= 0.3 is 0 Å². The van der Waals surface area contributed by atoms with Gasteiger partial charge in [-0.05, 0) is 36.0 Å². The summed E-state index contributed by atoms with van der Waals surface area (Å²) in [6, 6.07) is 5.63. The van der Waals surface area contributed by atoms with Crippen LogP contribution in [0.4, 0.5) is 0 Å². The van der Waals surface area contributed by atoms with Crippen molar-refractivity contribution in [1.82, 2.24) is 0 Å². The molecule has 0 saturated carbocycles. The van der Waals surface area contributed by atoms with Crippen molar-refractivity contribution < 1.29 is 15.3 Å². The van der Waals surface area contributed by atoms with Crippen molar-refractivity contribution in [1.29, 1.82) is 0 Å². The van der Waals surface area contributed by atoms with Gasteiger partial charge in [-0.1, -0.05) is 58.2 Å². The zero-order chi connectivity index (χ0) is 15.8. The van der Waals surface area contributed by atoms with Crippen molar-refractivity contribution in [3.8, 4) is 0 Å². The number of rotatable bonds is 9. The molecule has 0 aliphatic heterocycles. The van der Waals surface area contributed by atoms with Crippen LogP contribution in [0, 0.1) is 0 Å². The molecular weight excluding hydrogens is 264 g/mol. The maximum Gasteiger partial charge on any atom is 0.0790 e. The summed E-state index contributed by atoms with van der Waals surface area (Å²) in [5, 5.41) is 30.7. The van der Waals surface area contributed by atoms with E-state index in [1.807, 2.05) is 39.0 Å². The molecule has 0 saturated heterocycles. The van der Waals surface area contributed by atoms with Gasteiger partial charge in [0, 0.05) is 0 Å². The maximum absolute atomic E-state index is 10.2. The highest BCUT2D eigenvalue weighted by Crippen LogP contribution is 2.30. The zero-order valence-electron chi connectivity index (χ0n) is 13.5. The molecule has 1 aromatic rings. The van der Waals surface area contributed by atoms with Crippen LogP contribution in [0.1, 0.15) is 94.3 Å². The summed E-state index contributed by atoms with van der Waals surface area (Å²) in [6.45, 7) is 6.10. The van der Waals surface area contributed by atoms with Crippen LogP contribution in [0.25, 0.3) is 0 Å². The molecule has 3 unspecified atom stereocenters. The average Bonchev–Trinajstić information content (AvgIpc) is 2.47. The Kier molecular flexibility index (Phi) is 7.94. The van der Waals surface area contributed by atoms with Crippen molar-refractivity contribution in [3.63, 3.8) is 0 Å². The molecule has 1 rings (SSSR count). The Morgan fingerprint density at radius 3 is 1.05 bits per heavy atom. The second kappa shape index (κ2) is 9.19. The molecule has 0 bridgehead atoms. The van der Waals surface area contributed by atoms with Gasteiger partial charge in [-0.25, -0.2) is 0 Å². The number of hydrogen-bond donors (Lipinski definition) is 3. The Bertz CT molecular complexity index is 343. The Morgan fingerprint density at radius 1 is 0.619 bits per heavy atom. The minimum atomic E-state index is -0.531. The van der Waals surface area contributed by atoms with Crippen LogP contribution in [0.3, 0.4) is 0 Å². The molecule has 3 heteroatoms. The summed E-state index contributed by atoms with van der Waals surface area (Å²) in [7, 11) is 0. The lowest BCUT2D eigenvalue weighted by atomic mass is 9.93. The SMILES string of the molecule is CCCC(O)c1cc(C(O)CCC)cc(C(O)CCC)c1.